The van der Waals surface area contributed by atoms with Crippen molar-refractivity contribution in [3.8, 4) is 12.3 Å². The largest absolute Gasteiger partial charge is 0.376 e. The highest BCUT2D eigenvalue weighted by molar-refractivity contribution is 5.19. The van der Waals surface area contributed by atoms with Gasteiger partial charge in [-0.15, -0.1) is 18.7 Å². The van der Waals surface area contributed by atoms with Gasteiger partial charge >= 0.3 is 0 Å². The Balaban J connectivity index is 4.25. The lowest BCUT2D eigenvalue weighted by molar-refractivity contribution is 0.266. The van der Waals surface area contributed by atoms with E-state index < -0.39 is 6.10 Å². The van der Waals surface area contributed by atoms with E-state index in [0.29, 0.717) is 12.0 Å². The van der Waals surface area contributed by atoms with E-state index in [2.05, 4.69) is 24.8 Å². The second-order valence-corrected chi connectivity index (χ2v) is 1.76. The molecule has 0 amide bonds. The van der Waals surface area contributed by atoms with Crippen LogP contribution in [0.3, 0.4) is 0 Å². The van der Waals surface area contributed by atoms with Crippen LogP contribution in [-0.2, 0) is 0 Å². The van der Waals surface area contributed by atoms with Crippen LogP contribution in [0.1, 0.15) is 6.42 Å². The molecule has 0 heterocycles. The first-order valence-electron chi connectivity index (χ1n) is 2.90. The quantitative estimate of drug-likeness (QED) is 0.350. The Labute approximate surface area is 61.4 Å². The number of aliphatic hydroxyl groups is 1. The van der Waals surface area contributed by atoms with Crippen molar-refractivity contribution in [1.29, 1.82) is 0 Å². The maximum atomic E-state index is 9.03. The van der Waals surface area contributed by atoms with Crippen molar-refractivity contribution in [3.05, 3.63) is 30.5 Å². The van der Waals surface area contributed by atoms with Crippen LogP contribution in [0, 0.1) is 12.3 Å². The maximum Gasteiger partial charge on any atom is 0.143 e. The van der Waals surface area contributed by atoms with Gasteiger partial charge in [0.1, 0.15) is 6.10 Å². The predicted octanol–water partition coefficient (Wildman–Crippen LogP) is 1.27. The summed E-state index contributed by atoms with van der Waals surface area (Å²) in [7, 11) is 0. The molecule has 0 aliphatic rings. The molecule has 1 atom stereocenters. The van der Waals surface area contributed by atoms with Crippen molar-refractivity contribution < 1.29 is 5.11 Å². The van der Waals surface area contributed by atoms with Crippen molar-refractivity contribution in [3.63, 3.8) is 0 Å². The number of allylic oxidation sites excluding steroid dienone is 1. The summed E-state index contributed by atoms with van der Waals surface area (Å²) in [6.45, 7) is 6.88. The van der Waals surface area contributed by atoms with Crippen LogP contribution in [0.2, 0.25) is 0 Å². The molecule has 0 bridgehead atoms. The molecule has 0 aliphatic heterocycles. The molecule has 10 heavy (non-hydrogen) atoms. The summed E-state index contributed by atoms with van der Waals surface area (Å²) in [4.78, 5) is 0. The molecule has 0 fully saturated rings. The smallest absolute Gasteiger partial charge is 0.143 e. The third-order valence-corrected chi connectivity index (χ3v) is 1.08. The molecule has 0 radical (unpaired) electrons. The van der Waals surface area contributed by atoms with Crippen molar-refractivity contribution in [1.82, 2.24) is 0 Å². The molecule has 0 aliphatic carbocycles. The Morgan fingerprint density at radius 2 is 2.40 bits per heavy atom. The molecule has 1 N–H and O–H groups in total. The Kier molecular flexibility index (Phi) is 4.07. The topological polar surface area (TPSA) is 20.2 Å². The standard InChI is InChI=1S/C9H10O/c1-4-7-8(5-2)9(10)6-3/h3-4,9-10H,1-2,7H2. The zero-order valence-electron chi connectivity index (χ0n) is 5.80. The van der Waals surface area contributed by atoms with Gasteiger partial charge in [-0.05, 0) is 6.42 Å². The van der Waals surface area contributed by atoms with E-state index in [-0.39, 0.29) is 0 Å². The first-order valence-corrected chi connectivity index (χ1v) is 2.90. The third-order valence-electron chi connectivity index (χ3n) is 1.08. The molecule has 0 rings (SSSR count). The fraction of sp³-hybridized carbons (Fsp3) is 0.222. The third kappa shape index (κ3) is 2.37. The lowest BCUT2D eigenvalue weighted by Gasteiger charge is -2.01. The summed E-state index contributed by atoms with van der Waals surface area (Å²) < 4.78 is 0. The SMILES string of the molecule is C#CC(O)C(=C=C)CC=C. The molecule has 0 spiro atoms. The summed E-state index contributed by atoms with van der Waals surface area (Å²) in [6, 6.07) is 0. The average Bonchev–Trinajstić information content (AvgIpc) is 1.99. The van der Waals surface area contributed by atoms with E-state index in [1.165, 1.54) is 0 Å². The Bertz CT molecular complexity index is 201. The minimum Gasteiger partial charge on any atom is -0.376 e. The van der Waals surface area contributed by atoms with E-state index in [1.54, 1.807) is 6.08 Å². The van der Waals surface area contributed by atoms with Crippen molar-refractivity contribution >= 4 is 0 Å². The van der Waals surface area contributed by atoms with E-state index in [4.69, 9.17) is 11.5 Å². The van der Waals surface area contributed by atoms with Crippen LogP contribution in [0.5, 0.6) is 0 Å². The summed E-state index contributed by atoms with van der Waals surface area (Å²) in [6.07, 6.45) is 6.27. The molecule has 0 saturated heterocycles. The summed E-state index contributed by atoms with van der Waals surface area (Å²) >= 11 is 0. The predicted molar refractivity (Wildman–Crippen MR) is 42.3 cm³/mol. The van der Waals surface area contributed by atoms with Gasteiger partial charge in [-0.3, -0.25) is 0 Å². The Morgan fingerprint density at radius 1 is 1.80 bits per heavy atom. The maximum absolute atomic E-state index is 9.03. The Hall–Kier alpha value is -1.22. The van der Waals surface area contributed by atoms with Crippen LogP contribution < -0.4 is 0 Å². The van der Waals surface area contributed by atoms with Crippen molar-refractivity contribution in [2.24, 2.45) is 0 Å². The number of hydrogen-bond donors (Lipinski definition) is 1. The van der Waals surface area contributed by atoms with Crippen molar-refractivity contribution in [2.45, 2.75) is 12.5 Å². The summed E-state index contributed by atoms with van der Waals surface area (Å²) in [5, 5.41) is 9.03. The van der Waals surface area contributed by atoms with Crippen LogP contribution in [-0.4, -0.2) is 11.2 Å². The fourth-order valence-corrected chi connectivity index (χ4v) is 0.537. The lowest BCUT2D eigenvalue weighted by Crippen LogP contribution is -2.04. The highest BCUT2D eigenvalue weighted by atomic mass is 16.3. The lowest BCUT2D eigenvalue weighted by atomic mass is 10.1. The van der Waals surface area contributed by atoms with Gasteiger partial charge in [-0.25, -0.2) is 0 Å². The minimum absolute atomic E-state index is 0.537. The first kappa shape index (κ1) is 8.78. The van der Waals surface area contributed by atoms with Gasteiger partial charge in [0.15, 0.2) is 0 Å². The monoisotopic (exact) mass is 134 g/mol. The number of rotatable bonds is 3. The molecule has 0 aromatic carbocycles. The molecule has 0 aromatic heterocycles. The molecular weight excluding hydrogens is 124 g/mol. The van der Waals surface area contributed by atoms with Gasteiger partial charge in [0.25, 0.3) is 0 Å². The van der Waals surface area contributed by atoms with E-state index in [1.807, 2.05) is 0 Å². The van der Waals surface area contributed by atoms with Gasteiger partial charge in [0.05, 0.1) is 0 Å². The zero-order valence-corrected chi connectivity index (χ0v) is 5.80. The van der Waals surface area contributed by atoms with Crippen LogP contribution in [0.15, 0.2) is 30.5 Å². The van der Waals surface area contributed by atoms with E-state index in [9.17, 15) is 0 Å². The zero-order chi connectivity index (χ0) is 7.98. The van der Waals surface area contributed by atoms with Crippen LogP contribution in [0.25, 0.3) is 0 Å². The van der Waals surface area contributed by atoms with Gasteiger partial charge < -0.3 is 5.11 Å². The molecular formula is C9H10O. The molecule has 1 nitrogen and oxygen atoms in total. The molecule has 52 valence electrons. The van der Waals surface area contributed by atoms with E-state index in [0.717, 1.165) is 0 Å². The molecule has 1 unspecified atom stereocenters. The van der Waals surface area contributed by atoms with Gasteiger partial charge in [0, 0.05) is 5.57 Å². The Morgan fingerprint density at radius 3 is 2.70 bits per heavy atom. The second kappa shape index (κ2) is 4.64. The summed E-state index contributed by atoms with van der Waals surface area (Å²) in [5.74, 6) is 2.17. The number of terminal acetylenes is 1. The first-order chi connectivity index (χ1) is 4.76. The van der Waals surface area contributed by atoms with Gasteiger partial charge in [-0.1, -0.05) is 18.6 Å². The average molecular weight is 134 g/mol. The number of aliphatic hydroxyl groups excluding tert-OH is 1. The molecule has 0 saturated carbocycles. The highest BCUT2D eigenvalue weighted by Gasteiger charge is 2.02. The van der Waals surface area contributed by atoms with Crippen LogP contribution >= 0.6 is 0 Å². The summed E-state index contributed by atoms with van der Waals surface area (Å²) in [5.41, 5.74) is 3.15. The minimum atomic E-state index is -0.865. The molecule has 0 aromatic rings. The van der Waals surface area contributed by atoms with Gasteiger partial charge in [0.2, 0.25) is 0 Å². The van der Waals surface area contributed by atoms with Gasteiger partial charge in [-0.2, -0.15) is 0 Å². The normalized spacial score (nSPS) is 10.8. The highest BCUT2D eigenvalue weighted by Crippen LogP contribution is 2.04. The fourth-order valence-electron chi connectivity index (χ4n) is 0.537. The second-order valence-electron chi connectivity index (χ2n) is 1.76. The van der Waals surface area contributed by atoms with Crippen LogP contribution in [0.4, 0.5) is 0 Å². The van der Waals surface area contributed by atoms with E-state index >= 15 is 0 Å². The number of hydrogen-bond acceptors (Lipinski definition) is 1. The molecule has 1 heteroatoms. The van der Waals surface area contributed by atoms with Crippen molar-refractivity contribution in [2.75, 3.05) is 0 Å².